The van der Waals surface area contributed by atoms with Gasteiger partial charge in [-0.3, -0.25) is 19.1 Å². The summed E-state index contributed by atoms with van der Waals surface area (Å²) in [6.45, 7) is 6.09. The lowest BCUT2D eigenvalue weighted by atomic mass is 10.2. The van der Waals surface area contributed by atoms with Crippen molar-refractivity contribution in [2.75, 3.05) is 48.9 Å². The van der Waals surface area contributed by atoms with E-state index in [0.717, 1.165) is 5.69 Å². The van der Waals surface area contributed by atoms with Crippen molar-refractivity contribution < 1.29 is 14.6 Å². The first-order valence-electron chi connectivity index (χ1n) is 10.6. The van der Waals surface area contributed by atoms with Crippen LogP contribution in [0.5, 0.6) is 0 Å². The van der Waals surface area contributed by atoms with Crippen molar-refractivity contribution >= 4 is 23.1 Å². The number of ether oxygens (including phenoxy) is 1. The van der Waals surface area contributed by atoms with E-state index in [0.29, 0.717) is 6.54 Å². The summed E-state index contributed by atoms with van der Waals surface area (Å²) in [4.78, 5) is 43.6. The molecule has 4 N–H and O–H groups in total. The maximum atomic E-state index is 13.4. The minimum Gasteiger partial charge on any atom is -0.392 e. The Bertz CT molecular complexity index is 1000. The lowest BCUT2D eigenvalue weighted by molar-refractivity contribution is -0.117. The largest absolute Gasteiger partial charge is 0.392 e. The molecule has 1 amide bonds. The predicted molar refractivity (Wildman–Crippen MR) is 125 cm³/mol. The molecule has 0 aliphatic rings. The third-order valence-electron chi connectivity index (χ3n) is 4.78. The average molecular weight is 448 g/mol. The fourth-order valence-electron chi connectivity index (χ4n) is 3.40. The van der Waals surface area contributed by atoms with Crippen molar-refractivity contribution in [2.45, 2.75) is 33.4 Å². The number of anilines is 3. The van der Waals surface area contributed by atoms with Crippen LogP contribution in [0.4, 0.5) is 17.2 Å². The molecule has 1 atom stereocenters. The quantitative estimate of drug-likeness (QED) is 0.460. The number of aliphatic hydroxyl groups excluding tert-OH is 1. The van der Waals surface area contributed by atoms with E-state index in [1.165, 1.54) is 16.6 Å². The minimum atomic E-state index is -0.737. The summed E-state index contributed by atoms with van der Waals surface area (Å²) in [5.74, 6) is -0.395. The standard InChI is InChI=1S/C22H33N5O5/c1-15(2)12-27-20(23)19(21(30)24-22(27)31)26(10-11-32-4)18(29)14-25(13-16(3)28)17-8-6-5-7-9-17/h5-9,15-16,28H,10-14,23H2,1-4H3,(H,24,30,31). The minimum absolute atomic E-state index is 0.0692. The van der Waals surface area contributed by atoms with Crippen LogP contribution in [0.25, 0.3) is 0 Å². The van der Waals surface area contributed by atoms with Crippen LogP contribution in [0.1, 0.15) is 20.8 Å². The van der Waals surface area contributed by atoms with Crippen molar-refractivity contribution in [3.63, 3.8) is 0 Å². The van der Waals surface area contributed by atoms with Gasteiger partial charge >= 0.3 is 5.69 Å². The third kappa shape index (κ3) is 6.44. The molecule has 32 heavy (non-hydrogen) atoms. The Morgan fingerprint density at radius 2 is 1.88 bits per heavy atom. The van der Waals surface area contributed by atoms with Gasteiger partial charge < -0.3 is 25.4 Å². The number of nitrogens with two attached hydrogens (primary N) is 1. The van der Waals surface area contributed by atoms with Crippen LogP contribution in [-0.4, -0.2) is 60.0 Å². The maximum Gasteiger partial charge on any atom is 0.330 e. The van der Waals surface area contributed by atoms with Crippen molar-refractivity contribution in [1.82, 2.24) is 9.55 Å². The molecule has 1 aromatic heterocycles. The normalized spacial score (nSPS) is 12.1. The monoisotopic (exact) mass is 447 g/mol. The van der Waals surface area contributed by atoms with Gasteiger partial charge in [0.1, 0.15) is 5.82 Å². The van der Waals surface area contributed by atoms with Crippen LogP contribution in [0.15, 0.2) is 39.9 Å². The lowest BCUT2D eigenvalue weighted by Gasteiger charge is -2.30. The second-order valence-corrected chi connectivity index (χ2v) is 8.10. The maximum absolute atomic E-state index is 13.4. The highest BCUT2D eigenvalue weighted by Crippen LogP contribution is 2.20. The molecule has 1 heterocycles. The summed E-state index contributed by atoms with van der Waals surface area (Å²) in [6, 6.07) is 9.19. The zero-order valence-electron chi connectivity index (χ0n) is 19.1. The fourth-order valence-corrected chi connectivity index (χ4v) is 3.40. The molecule has 1 unspecified atom stereocenters. The van der Waals surface area contributed by atoms with Crippen LogP contribution in [-0.2, 0) is 16.1 Å². The molecule has 10 heteroatoms. The number of amides is 1. The average Bonchev–Trinajstić information content (AvgIpc) is 2.73. The number of carbonyl (C=O) groups excluding carboxylic acids is 1. The number of nitrogen functional groups attached to an aromatic ring is 1. The van der Waals surface area contributed by atoms with Crippen LogP contribution >= 0.6 is 0 Å². The Labute approximate surface area is 187 Å². The molecule has 0 aliphatic heterocycles. The zero-order chi connectivity index (χ0) is 23.8. The number of rotatable bonds is 11. The van der Waals surface area contributed by atoms with Crippen LogP contribution in [0.3, 0.4) is 0 Å². The van der Waals surface area contributed by atoms with E-state index in [4.69, 9.17) is 10.5 Å². The number of hydrogen-bond acceptors (Lipinski definition) is 7. The third-order valence-corrected chi connectivity index (χ3v) is 4.78. The van der Waals surface area contributed by atoms with Gasteiger partial charge in [0, 0.05) is 32.4 Å². The van der Waals surface area contributed by atoms with E-state index >= 15 is 0 Å². The van der Waals surface area contributed by atoms with Crippen molar-refractivity contribution in [3.05, 3.63) is 51.2 Å². The van der Waals surface area contributed by atoms with Gasteiger partial charge in [0.25, 0.3) is 5.56 Å². The number of H-pyrrole nitrogens is 1. The molecule has 0 aliphatic carbocycles. The van der Waals surface area contributed by atoms with E-state index in [-0.39, 0.29) is 43.7 Å². The van der Waals surface area contributed by atoms with Gasteiger partial charge in [0.15, 0.2) is 5.69 Å². The van der Waals surface area contributed by atoms with Crippen molar-refractivity contribution in [1.29, 1.82) is 0 Å². The van der Waals surface area contributed by atoms with Crippen LogP contribution in [0, 0.1) is 5.92 Å². The first kappa shape index (κ1) is 25.2. The number of methoxy groups -OCH3 is 1. The molecular weight excluding hydrogens is 414 g/mol. The summed E-state index contributed by atoms with van der Waals surface area (Å²) < 4.78 is 6.39. The Kier molecular flexibility index (Phi) is 9.03. The summed E-state index contributed by atoms with van der Waals surface area (Å²) >= 11 is 0. The topological polar surface area (TPSA) is 134 Å². The second kappa shape index (κ2) is 11.5. The number of aliphatic hydroxyl groups is 1. The fraction of sp³-hybridized carbons (Fsp3) is 0.500. The molecule has 2 aromatic rings. The first-order valence-corrected chi connectivity index (χ1v) is 10.6. The van der Waals surface area contributed by atoms with E-state index in [1.54, 1.807) is 11.8 Å². The van der Waals surface area contributed by atoms with Crippen molar-refractivity contribution in [2.24, 2.45) is 5.92 Å². The van der Waals surface area contributed by atoms with E-state index in [2.05, 4.69) is 4.98 Å². The molecule has 0 spiro atoms. The molecular formula is C22H33N5O5. The highest BCUT2D eigenvalue weighted by atomic mass is 16.5. The SMILES string of the molecule is COCCN(C(=O)CN(CC(C)O)c1ccccc1)c1c(N)n(CC(C)C)c(=O)[nH]c1=O. The molecule has 0 bridgehead atoms. The molecule has 176 valence electrons. The first-order chi connectivity index (χ1) is 15.1. The van der Waals surface area contributed by atoms with Gasteiger partial charge in [-0.2, -0.15) is 0 Å². The number of nitrogens with one attached hydrogen (secondary N) is 1. The number of hydrogen-bond donors (Lipinski definition) is 3. The number of para-hydroxylation sites is 1. The summed E-state index contributed by atoms with van der Waals surface area (Å²) in [6.07, 6.45) is -0.683. The molecule has 0 fully saturated rings. The van der Waals surface area contributed by atoms with Gasteiger partial charge in [-0.15, -0.1) is 0 Å². The number of carbonyl (C=O) groups is 1. The second-order valence-electron chi connectivity index (χ2n) is 8.10. The number of benzene rings is 1. The lowest BCUT2D eigenvalue weighted by Crippen LogP contribution is -2.47. The molecule has 0 saturated heterocycles. The summed E-state index contributed by atoms with van der Waals surface area (Å²) in [7, 11) is 1.49. The highest BCUT2D eigenvalue weighted by molar-refractivity contribution is 5.98. The molecule has 0 radical (unpaired) electrons. The van der Waals surface area contributed by atoms with Crippen molar-refractivity contribution in [3.8, 4) is 0 Å². The molecule has 0 saturated carbocycles. The Balaban J connectivity index is 2.48. The molecule has 1 aromatic carbocycles. The van der Waals surface area contributed by atoms with Gasteiger partial charge in [-0.05, 0) is 25.0 Å². The number of aromatic nitrogens is 2. The van der Waals surface area contributed by atoms with Crippen LogP contribution in [0.2, 0.25) is 0 Å². The summed E-state index contributed by atoms with van der Waals surface area (Å²) in [5, 5.41) is 9.93. The van der Waals surface area contributed by atoms with Gasteiger partial charge in [-0.1, -0.05) is 32.0 Å². The van der Waals surface area contributed by atoms with Gasteiger partial charge in [0.05, 0.1) is 19.3 Å². The van der Waals surface area contributed by atoms with E-state index in [9.17, 15) is 19.5 Å². The van der Waals surface area contributed by atoms with E-state index < -0.39 is 23.3 Å². The Morgan fingerprint density at radius 1 is 1.22 bits per heavy atom. The smallest absolute Gasteiger partial charge is 0.330 e. The number of nitrogens with zero attached hydrogens (tertiary/aromatic N) is 3. The highest BCUT2D eigenvalue weighted by Gasteiger charge is 2.26. The predicted octanol–water partition coefficient (Wildman–Crippen LogP) is 0.642. The molecule has 2 rings (SSSR count). The number of aromatic amines is 1. The van der Waals surface area contributed by atoms with Gasteiger partial charge in [0.2, 0.25) is 5.91 Å². The zero-order valence-corrected chi connectivity index (χ0v) is 19.1. The van der Waals surface area contributed by atoms with Crippen LogP contribution < -0.4 is 26.8 Å². The van der Waals surface area contributed by atoms with E-state index in [1.807, 2.05) is 44.2 Å². The Hall–Kier alpha value is -3.11. The Morgan fingerprint density at radius 3 is 2.44 bits per heavy atom. The summed E-state index contributed by atoms with van der Waals surface area (Å²) in [5.41, 5.74) is 5.53. The molecule has 10 nitrogen and oxygen atoms in total. The van der Waals surface area contributed by atoms with Gasteiger partial charge in [-0.25, -0.2) is 4.79 Å².